The van der Waals surface area contributed by atoms with Crippen LogP contribution in [0.1, 0.15) is 79.0 Å². The molecule has 9 rings (SSSR count). The third-order valence-electron chi connectivity index (χ3n) is 11.1. The van der Waals surface area contributed by atoms with Crippen LogP contribution in [0.3, 0.4) is 0 Å². The fraction of sp³-hybridized carbons (Fsp3) is 0.231. The van der Waals surface area contributed by atoms with E-state index in [0.29, 0.717) is 33.7 Å². The van der Waals surface area contributed by atoms with E-state index in [1.54, 1.807) is 20.0 Å². The molecule has 0 saturated heterocycles. The van der Waals surface area contributed by atoms with Crippen molar-refractivity contribution in [2.24, 2.45) is 0 Å². The van der Waals surface area contributed by atoms with E-state index in [0.717, 1.165) is 83.1 Å². The summed E-state index contributed by atoms with van der Waals surface area (Å²) in [6, 6.07) is 35.1. The molecule has 0 aliphatic rings. The molecule has 0 amide bonds. The third-order valence-corrected chi connectivity index (χ3v) is 11.1. The topological polar surface area (TPSA) is 44.9 Å². The zero-order valence-electron chi connectivity index (χ0n) is 38.2. The predicted molar refractivity (Wildman–Crippen MR) is 239 cm³/mol. The number of fused-ring (bicyclic) bond motifs is 6. The molecule has 4 heterocycles. The van der Waals surface area contributed by atoms with Crippen LogP contribution < -0.4 is 4.74 Å². The normalized spacial score (nSPS) is 13.6. The van der Waals surface area contributed by atoms with Crippen LogP contribution in [0.4, 0.5) is 0 Å². The molecule has 5 heteroatoms. The van der Waals surface area contributed by atoms with Gasteiger partial charge < -0.3 is 9.30 Å². The number of benzene rings is 5. The van der Waals surface area contributed by atoms with Gasteiger partial charge in [-0.3, -0.25) is 9.55 Å². The Bertz CT molecular complexity index is 3150. The summed E-state index contributed by atoms with van der Waals surface area (Å²) >= 11 is 0. The molecule has 0 spiro atoms. The Kier molecular flexibility index (Phi) is 7.72. The van der Waals surface area contributed by atoms with Crippen molar-refractivity contribution in [1.82, 2.24) is 19.1 Å². The number of nitrogens with zero attached hydrogens (tertiary/aromatic N) is 4. The molecule has 5 aromatic carbocycles. The minimum Gasteiger partial charge on any atom is -0.457 e. The van der Waals surface area contributed by atoms with Crippen LogP contribution in [0.25, 0.3) is 66.4 Å². The molecule has 0 atom stereocenters. The van der Waals surface area contributed by atoms with Crippen molar-refractivity contribution < 1.29 is 10.2 Å². The van der Waals surface area contributed by atoms with Crippen LogP contribution >= 0.6 is 0 Å². The van der Waals surface area contributed by atoms with E-state index in [2.05, 4.69) is 110 Å². The fourth-order valence-corrected chi connectivity index (χ4v) is 8.36. The predicted octanol–water partition coefficient (Wildman–Crippen LogP) is 13.8. The van der Waals surface area contributed by atoms with E-state index < -0.39 is 12.7 Å². The average molecular weight is 751 g/mol. The van der Waals surface area contributed by atoms with Crippen molar-refractivity contribution in [1.29, 1.82) is 0 Å². The Labute approximate surface area is 341 Å². The molecule has 57 heavy (non-hydrogen) atoms. The number of pyridine rings is 2. The zero-order chi connectivity index (χ0) is 43.3. The second-order valence-corrected chi connectivity index (χ2v) is 16.5. The standard InChI is InChI=1S/C52H50N4O/c1-10-35-20-33(5)23-44-45-24-34(6)21-36(11-2)51(45)55(50(35)44)39-17-19-54-49(29-39)56-47-15-12-31(3)22-43(47)42-14-13-40(30-48(42)56)57-41-27-37(26-38(28-41)52(7,8)9)46-25-32(4)16-18-53-46/h12-30H,10-11H2,1-9H3/i10D2,11D2. The first kappa shape index (κ1) is 31.9. The number of aryl methyl sites for hydroxylation is 6. The molecule has 0 fully saturated rings. The highest BCUT2D eigenvalue weighted by molar-refractivity contribution is 6.12. The van der Waals surface area contributed by atoms with E-state index >= 15 is 0 Å². The Morgan fingerprint density at radius 2 is 1.23 bits per heavy atom. The van der Waals surface area contributed by atoms with Gasteiger partial charge in [0.2, 0.25) is 0 Å². The summed E-state index contributed by atoms with van der Waals surface area (Å²) in [5, 5.41) is 3.91. The molecule has 284 valence electrons. The number of ether oxygens (including phenoxy) is 1. The molecular formula is C52H50N4O. The van der Waals surface area contributed by atoms with Gasteiger partial charge in [0.05, 0.1) is 33.4 Å². The van der Waals surface area contributed by atoms with Gasteiger partial charge in [0.15, 0.2) is 0 Å². The Morgan fingerprint density at radius 1 is 0.561 bits per heavy atom. The highest BCUT2D eigenvalue weighted by Gasteiger charge is 2.22. The van der Waals surface area contributed by atoms with Crippen LogP contribution in [0.2, 0.25) is 0 Å². The molecule has 0 saturated carbocycles. The lowest BCUT2D eigenvalue weighted by Crippen LogP contribution is -2.11. The summed E-state index contributed by atoms with van der Waals surface area (Å²) < 4.78 is 47.0. The maximum atomic E-state index is 9.01. The molecule has 4 aromatic heterocycles. The second-order valence-electron chi connectivity index (χ2n) is 16.5. The van der Waals surface area contributed by atoms with Gasteiger partial charge in [-0.15, -0.1) is 0 Å². The van der Waals surface area contributed by atoms with Gasteiger partial charge >= 0.3 is 0 Å². The Hall–Kier alpha value is -6.20. The lowest BCUT2D eigenvalue weighted by atomic mass is 9.85. The van der Waals surface area contributed by atoms with E-state index in [9.17, 15) is 0 Å². The van der Waals surface area contributed by atoms with Gasteiger partial charge in [-0.25, -0.2) is 4.98 Å². The molecule has 0 N–H and O–H groups in total. The molecule has 0 aliphatic carbocycles. The largest absolute Gasteiger partial charge is 0.457 e. The molecule has 0 unspecified atom stereocenters. The molecule has 0 bridgehead atoms. The number of hydrogen-bond acceptors (Lipinski definition) is 3. The van der Waals surface area contributed by atoms with E-state index in [4.69, 9.17) is 20.2 Å². The number of hydrogen-bond donors (Lipinski definition) is 0. The summed E-state index contributed by atoms with van der Waals surface area (Å²) in [5.41, 5.74) is 12.2. The second kappa shape index (κ2) is 13.8. The van der Waals surface area contributed by atoms with Gasteiger partial charge in [-0.2, -0.15) is 0 Å². The van der Waals surface area contributed by atoms with Crippen LogP contribution in [0, 0.1) is 27.7 Å². The lowest BCUT2D eigenvalue weighted by Gasteiger charge is -2.21. The quantitative estimate of drug-likeness (QED) is 0.163. The van der Waals surface area contributed by atoms with Crippen LogP contribution in [-0.4, -0.2) is 19.1 Å². The van der Waals surface area contributed by atoms with Crippen LogP contribution in [0.15, 0.2) is 116 Å². The van der Waals surface area contributed by atoms with Gasteiger partial charge in [-0.05, 0) is 141 Å². The van der Waals surface area contributed by atoms with Crippen molar-refractivity contribution in [3.8, 4) is 34.3 Å². The molecular weight excluding hydrogens is 697 g/mol. The number of aromatic nitrogens is 4. The zero-order valence-corrected chi connectivity index (χ0v) is 34.2. The SMILES string of the molecule is [2H]C([2H])(C)c1cc(C)cc2c3cc(C)cc(C([2H])([2H])C)c3n(-c3ccnc(-n4c5ccc(C)cc5c5ccc(Oc6cc(-c7cc(C)ccn7)cc(C(C)(C)C)c6)cc54)c3)c12. The minimum absolute atomic E-state index is 0.127. The van der Waals surface area contributed by atoms with E-state index in [1.807, 2.05) is 56.4 Å². The minimum atomic E-state index is -1.68. The van der Waals surface area contributed by atoms with Crippen molar-refractivity contribution in [3.05, 3.63) is 154 Å². The van der Waals surface area contributed by atoms with E-state index in [1.165, 1.54) is 0 Å². The molecule has 5 nitrogen and oxygen atoms in total. The van der Waals surface area contributed by atoms with Crippen molar-refractivity contribution >= 4 is 43.6 Å². The van der Waals surface area contributed by atoms with Crippen molar-refractivity contribution in [3.63, 3.8) is 0 Å². The molecule has 0 aliphatic heterocycles. The highest BCUT2D eigenvalue weighted by Crippen LogP contribution is 2.41. The smallest absolute Gasteiger partial charge is 0.139 e. The van der Waals surface area contributed by atoms with Gasteiger partial charge in [-0.1, -0.05) is 69.5 Å². The maximum absolute atomic E-state index is 9.01. The fourth-order valence-electron chi connectivity index (χ4n) is 8.36. The van der Waals surface area contributed by atoms with Crippen LogP contribution in [0.5, 0.6) is 11.5 Å². The van der Waals surface area contributed by atoms with Gasteiger partial charge in [0.25, 0.3) is 0 Å². The average Bonchev–Trinajstić information content (AvgIpc) is 3.67. The summed E-state index contributed by atoms with van der Waals surface area (Å²) in [4.78, 5) is 9.70. The van der Waals surface area contributed by atoms with Gasteiger partial charge in [0.1, 0.15) is 17.3 Å². The highest BCUT2D eigenvalue weighted by atomic mass is 16.5. The first-order valence-electron chi connectivity index (χ1n) is 21.6. The van der Waals surface area contributed by atoms with Crippen molar-refractivity contribution in [2.75, 3.05) is 0 Å². The van der Waals surface area contributed by atoms with Gasteiger partial charge in [0, 0.05) is 57.1 Å². The third kappa shape index (κ3) is 6.36. The monoisotopic (exact) mass is 750 g/mol. The van der Waals surface area contributed by atoms with Crippen LogP contribution in [-0.2, 0) is 18.2 Å². The summed E-state index contributed by atoms with van der Waals surface area (Å²) in [6.07, 6.45) is 0.266. The molecule has 0 radical (unpaired) electrons. The number of rotatable bonds is 7. The maximum Gasteiger partial charge on any atom is 0.139 e. The first-order chi connectivity index (χ1) is 28.7. The molecule has 9 aromatic rings. The first-order valence-corrected chi connectivity index (χ1v) is 19.6. The Morgan fingerprint density at radius 3 is 1.89 bits per heavy atom. The van der Waals surface area contributed by atoms with E-state index in [-0.39, 0.29) is 5.41 Å². The summed E-state index contributed by atoms with van der Waals surface area (Å²) in [6.45, 7) is 17.9. The van der Waals surface area contributed by atoms with Crippen molar-refractivity contribution in [2.45, 2.75) is 80.5 Å². The summed E-state index contributed by atoms with van der Waals surface area (Å²) in [7, 11) is 0. The lowest BCUT2D eigenvalue weighted by molar-refractivity contribution is 0.479. The Balaban J connectivity index is 1.28. The summed E-state index contributed by atoms with van der Waals surface area (Å²) in [5.74, 6) is 2.06.